The zero-order valence-corrected chi connectivity index (χ0v) is 38.1. The van der Waals surface area contributed by atoms with Crippen molar-refractivity contribution < 1.29 is 68.2 Å². The molecule has 0 radical (unpaired) electrons. The van der Waals surface area contributed by atoms with E-state index < -0.39 is 81.8 Å². The Morgan fingerprint density at radius 3 is 1.66 bits per heavy atom. The predicted octanol–water partition coefficient (Wildman–Crippen LogP) is 7.69. The number of esters is 2. The summed E-state index contributed by atoms with van der Waals surface area (Å²) in [6.45, 7) is 2.89. The summed E-state index contributed by atoms with van der Waals surface area (Å²) >= 11 is 0. The number of aliphatic hydroxyl groups excluding tert-OH is 6. The molecule has 3 unspecified atom stereocenters. The molecule has 14 nitrogen and oxygen atoms in total. The van der Waals surface area contributed by atoms with Crippen LogP contribution in [0.5, 0.6) is 0 Å². The molecule has 0 aromatic rings. The molecule has 0 aromatic heterocycles. The van der Waals surface area contributed by atoms with Crippen LogP contribution in [0.4, 0.5) is 0 Å². The molecule has 0 bridgehead atoms. The molecule has 0 aromatic carbocycles. The van der Waals surface area contributed by atoms with E-state index in [0.29, 0.717) is 25.7 Å². The molecule has 0 heterocycles. The van der Waals surface area contributed by atoms with E-state index in [-0.39, 0.29) is 12.8 Å². The summed E-state index contributed by atoms with van der Waals surface area (Å²) < 4.78 is 33.4. The molecule has 0 saturated heterocycles. The molecule has 9 atom stereocenters. The third-order valence-corrected chi connectivity index (χ3v) is 11.2. The Balaban J connectivity index is 2.53. The molecular formula is C47H79O14P. The number of carbonyl (C=O) groups excluding carboxylic acids is 2. The lowest BCUT2D eigenvalue weighted by molar-refractivity contribution is -0.220. The number of carbonyl (C=O) groups is 2. The maximum absolute atomic E-state index is 12.8. The Kier molecular flexibility index (Phi) is 33.8. The lowest BCUT2D eigenvalue weighted by Gasteiger charge is -2.41. The van der Waals surface area contributed by atoms with Gasteiger partial charge in [-0.05, 0) is 70.6 Å². The van der Waals surface area contributed by atoms with E-state index in [0.717, 1.165) is 57.8 Å². The molecule has 0 spiro atoms. The molecular weight excluding hydrogens is 819 g/mol. The van der Waals surface area contributed by atoms with Gasteiger partial charge in [0.25, 0.3) is 0 Å². The van der Waals surface area contributed by atoms with E-state index in [2.05, 4.69) is 37.3 Å². The largest absolute Gasteiger partial charge is 0.472 e. The highest BCUT2D eigenvalue weighted by Gasteiger charge is 2.51. The number of allylic oxidation sites excluding steroid dienone is 11. The lowest BCUT2D eigenvalue weighted by atomic mass is 9.85. The van der Waals surface area contributed by atoms with Gasteiger partial charge in [0, 0.05) is 12.8 Å². The van der Waals surface area contributed by atoms with Crippen molar-refractivity contribution in [3.8, 4) is 0 Å². The summed E-state index contributed by atoms with van der Waals surface area (Å²) in [5.41, 5.74) is 0. The number of hydrogen-bond donors (Lipinski definition) is 7. The fourth-order valence-corrected chi connectivity index (χ4v) is 7.30. The fourth-order valence-electron chi connectivity index (χ4n) is 6.33. The monoisotopic (exact) mass is 899 g/mol. The molecule has 1 rings (SSSR count). The molecule has 1 fully saturated rings. The van der Waals surface area contributed by atoms with Crippen molar-refractivity contribution in [3.63, 3.8) is 0 Å². The van der Waals surface area contributed by atoms with Gasteiger partial charge < -0.3 is 45.0 Å². The van der Waals surface area contributed by atoms with E-state index in [1.807, 2.05) is 43.4 Å². The van der Waals surface area contributed by atoms with Crippen molar-refractivity contribution in [1.29, 1.82) is 0 Å². The van der Waals surface area contributed by atoms with Gasteiger partial charge in [-0.2, -0.15) is 0 Å². The van der Waals surface area contributed by atoms with Crippen LogP contribution >= 0.6 is 7.82 Å². The van der Waals surface area contributed by atoms with Crippen LogP contribution in [0.25, 0.3) is 0 Å². The number of ether oxygens (including phenoxy) is 2. The summed E-state index contributed by atoms with van der Waals surface area (Å²) in [4.78, 5) is 35.7. The van der Waals surface area contributed by atoms with Crippen molar-refractivity contribution in [2.45, 2.75) is 198 Å². The molecule has 1 saturated carbocycles. The van der Waals surface area contributed by atoms with Crippen LogP contribution in [0.2, 0.25) is 0 Å². The van der Waals surface area contributed by atoms with Gasteiger partial charge in [0.1, 0.15) is 43.2 Å². The first-order valence-electron chi connectivity index (χ1n) is 22.8. The predicted molar refractivity (Wildman–Crippen MR) is 241 cm³/mol. The van der Waals surface area contributed by atoms with Gasteiger partial charge in [-0.25, -0.2) is 4.57 Å². The topological polar surface area (TPSA) is 230 Å². The Hall–Kier alpha value is -2.75. The number of unbranched alkanes of at least 4 members (excludes halogenated alkanes) is 12. The molecule has 1 aliphatic carbocycles. The Labute approximate surface area is 370 Å². The van der Waals surface area contributed by atoms with E-state index in [4.69, 9.17) is 18.5 Å². The number of aliphatic hydroxyl groups is 6. The summed E-state index contributed by atoms with van der Waals surface area (Å²) in [5, 5.41) is 59.6. The molecule has 0 amide bonds. The van der Waals surface area contributed by atoms with Crippen LogP contribution in [0, 0.1) is 0 Å². The van der Waals surface area contributed by atoms with Crippen molar-refractivity contribution in [2.75, 3.05) is 13.2 Å². The first-order valence-corrected chi connectivity index (χ1v) is 24.3. The van der Waals surface area contributed by atoms with Crippen LogP contribution < -0.4 is 0 Å². The van der Waals surface area contributed by atoms with Crippen molar-refractivity contribution in [3.05, 3.63) is 72.9 Å². The van der Waals surface area contributed by atoms with Gasteiger partial charge >= 0.3 is 19.8 Å². The van der Waals surface area contributed by atoms with Crippen LogP contribution in [-0.4, -0.2) is 110 Å². The minimum atomic E-state index is -5.15. The Morgan fingerprint density at radius 2 is 1.06 bits per heavy atom. The van der Waals surface area contributed by atoms with E-state index in [9.17, 15) is 49.7 Å². The van der Waals surface area contributed by atoms with Gasteiger partial charge in [-0.1, -0.05) is 138 Å². The third-order valence-electron chi connectivity index (χ3n) is 10.2. The minimum Gasteiger partial charge on any atom is -0.462 e. The highest BCUT2D eigenvalue weighted by molar-refractivity contribution is 7.47. The average molecular weight is 899 g/mol. The second kappa shape index (κ2) is 36.6. The van der Waals surface area contributed by atoms with Gasteiger partial charge in [-0.15, -0.1) is 0 Å². The maximum Gasteiger partial charge on any atom is 0.472 e. The highest BCUT2D eigenvalue weighted by atomic mass is 31.2. The van der Waals surface area contributed by atoms with Gasteiger partial charge in [0.05, 0.1) is 12.7 Å². The summed E-state index contributed by atoms with van der Waals surface area (Å²) in [6, 6.07) is 0. The van der Waals surface area contributed by atoms with Gasteiger partial charge in [-0.3, -0.25) is 18.6 Å². The molecule has 15 heteroatoms. The highest BCUT2D eigenvalue weighted by Crippen LogP contribution is 2.47. The van der Waals surface area contributed by atoms with E-state index in [1.54, 1.807) is 6.08 Å². The minimum absolute atomic E-state index is 0.000512. The van der Waals surface area contributed by atoms with Crippen molar-refractivity contribution in [1.82, 2.24) is 0 Å². The molecule has 7 N–H and O–H groups in total. The number of phosphoric ester groups is 1. The second-order valence-electron chi connectivity index (χ2n) is 15.7. The molecule has 1 aliphatic rings. The lowest BCUT2D eigenvalue weighted by Crippen LogP contribution is -2.64. The molecule has 62 heavy (non-hydrogen) atoms. The van der Waals surface area contributed by atoms with Crippen molar-refractivity contribution in [2.24, 2.45) is 0 Å². The fraction of sp³-hybridized carbons (Fsp3) is 0.702. The smallest absolute Gasteiger partial charge is 0.462 e. The Morgan fingerprint density at radius 1 is 0.581 bits per heavy atom. The number of phosphoric acid groups is 1. The average Bonchev–Trinajstić information content (AvgIpc) is 3.25. The van der Waals surface area contributed by atoms with E-state index in [1.165, 1.54) is 38.5 Å². The standard InChI is InChI=1S/C47H79O14P/c1-3-5-6-7-8-9-10-11-12-16-19-22-25-28-31-34-40(49)58-36-39(37-59-62(56,57)61-47-45(54)43(52)42(51)44(53)46(47)55)60-41(50)35-32-29-26-23-20-17-14-13-15-18-21-24-27-30-33-38(48)4-2/h9-10,14-15,17-18,23-24,26-27,30,33,38-39,42-48,51-55H,3-8,11-13,16,19-22,25,28-29,31-32,34-37H2,1-2H3,(H,56,57)/b10-9-,17-14-,18-15-,26-23-,27-24-,33-30+/t38-,39-,42?,43-,44+,45-,46-,47?/m1/s1. The second-order valence-corrected chi connectivity index (χ2v) is 17.1. The number of rotatable bonds is 36. The normalized spacial score (nSPS) is 23.0. The Bertz CT molecular complexity index is 1380. The van der Waals surface area contributed by atoms with Crippen LogP contribution in [-0.2, 0) is 32.7 Å². The van der Waals surface area contributed by atoms with Crippen molar-refractivity contribution >= 4 is 19.8 Å². The first kappa shape index (κ1) is 57.3. The zero-order chi connectivity index (χ0) is 45.9. The SMILES string of the molecule is CCCCCC/C=C\CCCCCCCCCC(=O)OC[C@H](COP(=O)(O)OC1[C@H](O)[C@H](O)C(O)[C@H](O)[C@H]1O)OC(=O)CCC/C=C\C/C=C\C/C=C\C/C=C\C=C\[C@H](O)CC. The van der Waals surface area contributed by atoms with Gasteiger partial charge in [0.15, 0.2) is 6.10 Å². The molecule has 0 aliphatic heterocycles. The third kappa shape index (κ3) is 28.8. The summed E-state index contributed by atoms with van der Waals surface area (Å²) in [6.07, 6.45) is 29.1. The molecule has 356 valence electrons. The maximum atomic E-state index is 12.8. The number of hydrogen-bond acceptors (Lipinski definition) is 13. The van der Waals surface area contributed by atoms with Crippen LogP contribution in [0.15, 0.2) is 72.9 Å². The van der Waals surface area contributed by atoms with Crippen LogP contribution in [0.1, 0.15) is 149 Å². The van der Waals surface area contributed by atoms with Crippen LogP contribution in [0.3, 0.4) is 0 Å². The first-order chi connectivity index (χ1) is 29.8. The van der Waals surface area contributed by atoms with E-state index >= 15 is 0 Å². The quantitative estimate of drug-likeness (QED) is 0.0105. The summed E-state index contributed by atoms with van der Waals surface area (Å²) in [7, 11) is -5.15. The zero-order valence-electron chi connectivity index (χ0n) is 37.2. The summed E-state index contributed by atoms with van der Waals surface area (Å²) in [5.74, 6) is -1.20. The van der Waals surface area contributed by atoms with Gasteiger partial charge in [0.2, 0.25) is 0 Å².